The summed E-state index contributed by atoms with van der Waals surface area (Å²) in [6.45, 7) is 0. The van der Waals surface area contributed by atoms with Gasteiger partial charge in [-0.3, -0.25) is 4.79 Å². The summed E-state index contributed by atoms with van der Waals surface area (Å²) in [5.41, 5.74) is 0.509. The number of amides is 2. The highest BCUT2D eigenvalue weighted by Gasteiger charge is 2.31. The van der Waals surface area contributed by atoms with Gasteiger partial charge < -0.3 is 15.7 Å². The molecule has 0 spiro atoms. The average Bonchev–Trinajstić information content (AvgIpc) is 2.41. The summed E-state index contributed by atoms with van der Waals surface area (Å²) in [7, 11) is 0. The molecule has 2 atom stereocenters. The van der Waals surface area contributed by atoms with Crippen molar-refractivity contribution < 1.29 is 14.7 Å². The van der Waals surface area contributed by atoms with Gasteiger partial charge in [0, 0.05) is 6.04 Å². The van der Waals surface area contributed by atoms with Gasteiger partial charge in [0.1, 0.15) is 0 Å². The number of benzene rings is 1. The number of carboxylic acids is 1. The normalized spacial score (nSPS) is 22.1. The highest BCUT2D eigenvalue weighted by atomic mass is 35.5. The number of carboxylic acid groups (broad SMARTS) is 1. The third kappa shape index (κ3) is 3.63. The Morgan fingerprint density at radius 3 is 2.60 bits per heavy atom. The molecule has 1 saturated carbocycles. The summed E-state index contributed by atoms with van der Waals surface area (Å²) in [4.78, 5) is 23.1. The molecule has 2 amide bonds. The third-order valence-electron chi connectivity index (χ3n) is 3.52. The molecule has 1 aromatic carbocycles. The fourth-order valence-corrected chi connectivity index (χ4v) is 2.67. The molecule has 0 aliphatic heterocycles. The molecule has 2 rings (SSSR count). The Morgan fingerprint density at radius 1 is 1.20 bits per heavy atom. The molecule has 20 heavy (non-hydrogen) atoms. The first kappa shape index (κ1) is 14.7. The molecule has 0 bridgehead atoms. The smallest absolute Gasteiger partial charge is 0.319 e. The molecule has 3 N–H and O–H groups in total. The molecule has 1 aliphatic carbocycles. The first-order valence-electron chi connectivity index (χ1n) is 6.63. The summed E-state index contributed by atoms with van der Waals surface area (Å²) >= 11 is 5.95. The van der Waals surface area contributed by atoms with Crippen LogP contribution in [0.5, 0.6) is 0 Å². The molecule has 5 nitrogen and oxygen atoms in total. The average molecular weight is 297 g/mol. The van der Waals surface area contributed by atoms with Gasteiger partial charge in [0.2, 0.25) is 0 Å². The van der Waals surface area contributed by atoms with Gasteiger partial charge in [0.05, 0.1) is 16.6 Å². The monoisotopic (exact) mass is 296 g/mol. The Hall–Kier alpha value is -1.75. The molecule has 0 saturated heterocycles. The number of hydrogen-bond acceptors (Lipinski definition) is 2. The minimum atomic E-state index is -0.854. The van der Waals surface area contributed by atoms with E-state index in [0.29, 0.717) is 23.6 Å². The highest BCUT2D eigenvalue weighted by Crippen LogP contribution is 2.25. The van der Waals surface area contributed by atoms with E-state index in [1.54, 1.807) is 24.3 Å². The van der Waals surface area contributed by atoms with E-state index in [-0.39, 0.29) is 6.04 Å². The van der Waals surface area contributed by atoms with E-state index in [9.17, 15) is 9.59 Å². The number of anilines is 1. The summed E-state index contributed by atoms with van der Waals surface area (Å²) in [5, 5.41) is 15.0. The van der Waals surface area contributed by atoms with Gasteiger partial charge in [0.25, 0.3) is 0 Å². The lowest BCUT2D eigenvalue weighted by molar-refractivity contribution is -0.143. The zero-order chi connectivity index (χ0) is 14.5. The number of rotatable bonds is 3. The van der Waals surface area contributed by atoms with Crippen molar-refractivity contribution in [3.8, 4) is 0 Å². The van der Waals surface area contributed by atoms with Crippen molar-refractivity contribution >= 4 is 29.3 Å². The van der Waals surface area contributed by atoms with Crippen molar-refractivity contribution in [3.05, 3.63) is 29.3 Å². The predicted octanol–water partition coefficient (Wildman–Crippen LogP) is 3.10. The molecule has 0 heterocycles. The van der Waals surface area contributed by atoms with Crippen LogP contribution in [-0.2, 0) is 4.79 Å². The molecule has 0 aromatic heterocycles. The summed E-state index contributed by atoms with van der Waals surface area (Å²) in [5.74, 6) is -1.37. The first-order chi connectivity index (χ1) is 9.58. The Bertz CT molecular complexity index is 507. The molecular weight excluding hydrogens is 280 g/mol. The summed E-state index contributed by atoms with van der Waals surface area (Å²) in [6, 6.07) is 6.16. The Balaban J connectivity index is 1.96. The van der Waals surface area contributed by atoms with E-state index >= 15 is 0 Å². The van der Waals surface area contributed by atoms with Crippen molar-refractivity contribution in [2.75, 3.05) is 5.32 Å². The number of aliphatic carboxylic acids is 1. The van der Waals surface area contributed by atoms with Gasteiger partial charge >= 0.3 is 12.0 Å². The van der Waals surface area contributed by atoms with Crippen LogP contribution in [-0.4, -0.2) is 23.1 Å². The van der Waals surface area contributed by atoms with Crippen LogP contribution in [0.4, 0.5) is 10.5 Å². The standard InChI is InChI=1S/C14H17ClN2O3/c15-10-6-2-4-8-12(10)17-14(20)16-11-7-3-1-5-9(11)13(18)19/h2,4,6,8-9,11H,1,3,5,7H2,(H,18,19)(H2,16,17,20). The number of urea groups is 1. The second-order valence-electron chi connectivity index (χ2n) is 4.91. The van der Waals surface area contributed by atoms with E-state index in [0.717, 1.165) is 12.8 Å². The van der Waals surface area contributed by atoms with Crippen LogP contribution in [0.2, 0.25) is 5.02 Å². The maximum Gasteiger partial charge on any atom is 0.319 e. The maximum atomic E-state index is 11.9. The molecule has 2 unspecified atom stereocenters. The van der Waals surface area contributed by atoms with Crippen molar-refractivity contribution in [1.29, 1.82) is 0 Å². The molecular formula is C14H17ClN2O3. The second-order valence-corrected chi connectivity index (χ2v) is 5.32. The lowest BCUT2D eigenvalue weighted by Crippen LogP contribution is -2.46. The van der Waals surface area contributed by atoms with Gasteiger partial charge in [-0.1, -0.05) is 36.6 Å². The zero-order valence-corrected chi connectivity index (χ0v) is 11.7. The van der Waals surface area contributed by atoms with E-state index in [2.05, 4.69) is 10.6 Å². The van der Waals surface area contributed by atoms with Crippen LogP contribution in [0.3, 0.4) is 0 Å². The van der Waals surface area contributed by atoms with E-state index in [1.165, 1.54) is 0 Å². The number of carbonyl (C=O) groups is 2. The van der Waals surface area contributed by atoms with E-state index in [4.69, 9.17) is 16.7 Å². The van der Waals surface area contributed by atoms with Gasteiger partial charge in [-0.05, 0) is 25.0 Å². The number of hydrogen-bond donors (Lipinski definition) is 3. The van der Waals surface area contributed by atoms with Crippen LogP contribution in [0.15, 0.2) is 24.3 Å². The molecule has 6 heteroatoms. The second kappa shape index (κ2) is 6.61. The van der Waals surface area contributed by atoms with Crippen LogP contribution >= 0.6 is 11.6 Å². The van der Waals surface area contributed by atoms with Gasteiger partial charge in [-0.25, -0.2) is 4.79 Å². The molecule has 0 radical (unpaired) electrons. The lowest BCUT2D eigenvalue weighted by atomic mass is 9.84. The molecule has 1 fully saturated rings. The van der Waals surface area contributed by atoms with E-state index in [1.807, 2.05) is 0 Å². The summed E-state index contributed by atoms with van der Waals surface area (Å²) in [6.07, 6.45) is 3.11. The van der Waals surface area contributed by atoms with Crippen LogP contribution in [0.25, 0.3) is 0 Å². The SMILES string of the molecule is O=C(Nc1ccccc1Cl)NC1CCCCC1C(=O)O. The van der Waals surface area contributed by atoms with Crippen molar-refractivity contribution in [1.82, 2.24) is 5.32 Å². The van der Waals surface area contributed by atoms with Crippen molar-refractivity contribution in [3.63, 3.8) is 0 Å². The first-order valence-corrected chi connectivity index (χ1v) is 7.00. The fourth-order valence-electron chi connectivity index (χ4n) is 2.49. The quantitative estimate of drug-likeness (QED) is 0.802. The summed E-state index contributed by atoms with van der Waals surface area (Å²) < 4.78 is 0. The van der Waals surface area contributed by atoms with Crippen LogP contribution in [0.1, 0.15) is 25.7 Å². The predicted molar refractivity (Wildman–Crippen MR) is 77.0 cm³/mol. The Kier molecular flexibility index (Phi) is 4.84. The largest absolute Gasteiger partial charge is 0.481 e. The molecule has 1 aromatic rings. The maximum absolute atomic E-state index is 11.9. The third-order valence-corrected chi connectivity index (χ3v) is 3.85. The van der Waals surface area contributed by atoms with Crippen molar-refractivity contribution in [2.24, 2.45) is 5.92 Å². The number of para-hydroxylation sites is 1. The van der Waals surface area contributed by atoms with Gasteiger partial charge in [-0.2, -0.15) is 0 Å². The van der Waals surface area contributed by atoms with Gasteiger partial charge in [-0.15, -0.1) is 0 Å². The Labute approximate surface area is 122 Å². The van der Waals surface area contributed by atoms with Crippen LogP contribution < -0.4 is 10.6 Å². The minimum Gasteiger partial charge on any atom is -0.481 e. The lowest BCUT2D eigenvalue weighted by Gasteiger charge is -2.29. The van der Waals surface area contributed by atoms with Crippen LogP contribution in [0, 0.1) is 5.92 Å². The number of nitrogens with one attached hydrogen (secondary N) is 2. The Morgan fingerprint density at radius 2 is 1.90 bits per heavy atom. The minimum absolute atomic E-state index is 0.330. The number of halogens is 1. The van der Waals surface area contributed by atoms with E-state index < -0.39 is 17.9 Å². The molecule has 108 valence electrons. The number of carbonyl (C=O) groups excluding carboxylic acids is 1. The molecule has 1 aliphatic rings. The fraction of sp³-hybridized carbons (Fsp3) is 0.429. The topological polar surface area (TPSA) is 78.4 Å². The highest BCUT2D eigenvalue weighted by molar-refractivity contribution is 6.33. The van der Waals surface area contributed by atoms with Gasteiger partial charge in [0.15, 0.2) is 0 Å². The zero-order valence-electron chi connectivity index (χ0n) is 10.9. The van der Waals surface area contributed by atoms with Crippen molar-refractivity contribution in [2.45, 2.75) is 31.7 Å².